The number of hydrogen-bond donors (Lipinski definition) is 1. The van der Waals surface area contributed by atoms with Crippen LogP contribution in [0.15, 0.2) is 28.9 Å². The highest BCUT2D eigenvalue weighted by Crippen LogP contribution is 2.26. The second kappa shape index (κ2) is 2.78. The molecule has 2 aromatic rings. The summed E-state index contributed by atoms with van der Waals surface area (Å²) in [6, 6.07) is 4.55. The summed E-state index contributed by atoms with van der Waals surface area (Å²) < 4.78 is 5.06. The molecule has 1 aromatic heterocycles. The van der Waals surface area contributed by atoms with E-state index >= 15 is 0 Å². The molecule has 1 heterocycles. The van der Waals surface area contributed by atoms with Crippen molar-refractivity contribution in [3.63, 3.8) is 0 Å². The van der Waals surface area contributed by atoms with Gasteiger partial charge in [0.05, 0.1) is 10.6 Å². The van der Waals surface area contributed by atoms with Gasteiger partial charge in [-0.05, 0) is 18.2 Å². The number of fused-ring (bicyclic) bond motifs is 1. The lowest BCUT2D eigenvalue weighted by atomic mass is 10.2. The fourth-order valence-electron chi connectivity index (χ4n) is 1.13. The Balaban J connectivity index is 2.72. The standard InChI is InChI=1S/C9H5ClO3/c10-7-4-13-8-2-1-5(9(11)12)3-6(7)8/h1-4H,(H,11,12). The van der Waals surface area contributed by atoms with Crippen molar-refractivity contribution in [2.75, 3.05) is 0 Å². The van der Waals surface area contributed by atoms with Crippen molar-refractivity contribution in [2.24, 2.45) is 0 Å². The predicted molar refractivity (Wildman–Crippen MR) is 48.2 cm³/mol. The number of carboxylic acids is 1. The third-order valence-electron chi connectivity index (χ3n) is 1.77. The Morgan fingerprint density at radius 3 is 2.92 bits per heavy atom. The molecular formula is C9H5ClO3. The molecule has 0 aliphatic rings. The fourth-order valence-corrected chi connectivity index (χ4v) is 1.32. The van der Waals surface area contributed by atoms with Crippen LogP contribution in [-0.4, -0.2) is 11.1 Å². The molecule has 0 bridgehead atoms. The van der Waals surface area contributed by atoms with E-state index in [0.717, 1.165) is 0 Å². The van der Waals surface area contributed by atoms with Crippen molar-refractivity contribution < 1.29 is 14.3 Å². The summed E-state index contributed by atoms with van der Waals surface area (Å²) in [6.45, 7) is 0. The molecule has 13 heavy (non-hydrogen) atoms. The number of carbonyl (C=O) groups is 1. The molecule has 0 atom stereocenters. The summed E-state index contributed by atoms with van der Waals surface area (Å²) in [5, 5.41) is 9.75. The van der Waals surface area contributed by atoms with E-state index in [2.05, 4.69) is 0 Å². The summed E-state index contributed by atoms with van der Waals surface area (Å²) in [6.07, 6.45) is 1.39. The maximum absolute atomic E-state index is 10.6. The number of rotatable bonds is 1. The van der Waals surface area contributed by atoms with Crippen LogP contribution in [0.1, 0.15) is 10.4 Å². The van der Waals surface area contributed by atoms with Crippen LogP contribution in [0.2, 0.25) is 5.02 Å². The first kappa shape index (κ1) is 8.13. The summed E-state index contributed by atoms with van der Waals surface area (Å²) in [5.74, 6) is -0.973. The highest BCUT2D eigenvalue weighted by molar-refractivity contribution is 6.35. The number of benzene rings is 1. The van der Waals surface area contributed by atoms with Crippen LogP contribution < -0.4 is 0 Å². The minimum atomic E-state index is -0.973. The summed E-state index contributed by atoms with van der Waals surface area (Å²) in [5.41, 5.74) is 0.797. The van der Waals surface area contributed by atoms with Gasteiger partial charge in [-0.1, -0.05) is 11.6 Å². The van der Waals surface area contributed by atoms with Crippen molar-refractivity contribution in [2.45, 2.75) is 0 Å². The molecule has 4 heteroatoms. The average Bonchev–Trinajstić information content (AvgIpc) is 2.47. The largest absolute Gasteiger partial charge is 0.478 e. The second-order valence-corrected chi connectivity index (χ2v) is 3.01. The van der Waals surface area contributed by atoms with Gasteiger partial charge in [0, 0.05) is 5.39 Å². The molecule has 1 aromatic carbocycles. The molecule has 1 N–H and O–H groups in total. The lowest BCUT2D eigenvalue weighted by Crippen LogP contribution is -1.94. The van der Waals surface area contributed by atoms with Crippen molar-refractivity contribution >= 4 is 28.5 Å². The molecule has 0 fully saturated rings. The van der Waals surface area contributed by atoms with Gasteiger partial charge in [-0.25, -0.2) is 4.79 Å². The SMILES string of the molecule is O=C(O)c1ccc2occ(Cl)c2c1. The van der Waals surface area contributed by atoms with Crippen molar-refractivity contribution in [1.29, 1.82) is 0 Å². The number of hydrogen-bond acceptors (Lipinski definition) is 2. The van der Waals surface area contributed by atoms with Gasteiger partial charge in [0.2, 0.25) is 0 Å². The monoisotopic (exact) mass is 196 g/mol. The van der Waals surface area contributed by atoms with Crippen molar-refractivity contribution in [1.82, 2.24) is 0 Å². The maximum Gasteiger partial charge on any atom is 0.335 e. The van der Waals surface area contributed by atoms with E-state index in [9.17, 15) is 4.79 Å². The van der Waals surface area contributed by atoms with Gasteiger partial charge < -0.3 is 9.52 Å². The van der Waals surface area contributed by atoms with E-state index in [-0.39, 0.29) is 5.56 Å². The number of furan rings is 1. The third kappa shape index (κ3) is 1.27. The van der Waals surface area contributed by atoms with Crippen LogP contribution in [0, 0.1) is 0 Å². The molecule has 0 radical (unpaired) electrons. The van der Waals surface area contributed by atoms with Crippen LogP contribution in [0.5, 0.6) is 0 Å². The Kier molecular flexibility index (Phi) is 1.74. The van der Waals surface area contributed by atoms with E-state index in [1.165, 1.54) is 18.4 Å². The van der Waals surface area contributed by atoms with Crippen LogP contribution in [-0.2, 0) is 0 Å². The van der Waals surface area contributed by atoms with E-state index in [0.29, 0.717) is 16.0 Å². The molecule has 3 nitrogen and oxygen atoms in total. The van der Waals surface area contributed by atoms with Crippen molar-refractivity contribution in [3.05, 3.63) is 35.0 Å². The topological polar surface area (TPSA) is 50.4 Å². The third-order valence-corrected chi connectivity index (χ3v) is 2.07. The molecule has 0 amide bonds. The van der Waals surface area contributed by atoms with Crippen LogP contribution in [0.25, 0.3) is 11.0 Å². The zero-order valence-electron chi connectivity index (χ0n) is 6.45. The highest BCUT2D eigenvalue weighted by atomic mass is 35.5. The van der Waals surface area contributed by atoms with Crippen LogP contribution in [0.4, 0.5) is 0 Å². The summed E-state index contributed by atoms with van der Waals surface area (Å²) >= 11 is 5.76. The Morgan fingerprint density at radius 2 is 2.23 bits per heavy atom. The lowest BCUT2D eigenvalue weighted by molar-refractivity contribution is 0.0697. The number of aromatic carboxylic acids is 1. The quantitative estimate of drug-likeness (QED) is 0.763. The molecule has 0 spiro atoms. The number of carboxylic acid groups (broad SMARTS) is 1. The molecular weight excluding hydrogens is 192 g/mol. The zero-order chi connectivity index (χ0) is 9.42. The van der Waals surface area contributed by atoms with E-state index in [1.807, 2.05) is 0 Å². The molecule has 66 valence electrons. The molecule has 0 saturated carbocycles. The molecule has 0 saturated heterocycles. The Bertz CT molecular complexity index is 473. The molecule has 0 unspecified atom stereocenters. The van der Waals surface area contributed by atoms with E-state index in [4.69, 9.17) is 21.1 Å². The van der Waals surface area contributed by atoms with Crippen LogP contribution in [0.3, 0.4) is 0 Å². The minimum Gasteiger partial charge on any atom is -0.478 e. The van der Waals surface area contributed by atoms with Gasteiger partial charge in [0.15, 0.2) is 0 Å². The minimum absolute atomic E-state index is 0.204. The maximum atomic E-state index is 10.6. The first-order chi connectivity index (χ1) is 6.18. The van der Waals surface area contributed by atoms with Gasteiger partial charge in [-0.3, -0.25) is 0 Å². The van der Waals surface area contributed by atoms with E-state index < -0.39 is 5.97 Å². The van der Waals surface area contributed by atoms with Gasteiger partial charge >= 0.3 is 5.97 Å². The highest BCUT2D eigenvalue weighted by Gasteiger charge is 2.07. The molecule has 0 aliphatic heterocycles. The zero-order valence-corrected chi connectivity index (χ0v) is 7.21. The van der Waals surface area contributed by atoms with Gasteiger partial charge in [0.25, 0.3) is 0 Å². The predicted octanol–water partition coefficient (Wildman–Crippen LogP) is 2.78. The Labute approximate surface area is 78.5 Å². The summed E-state index contributed by atoms with van der Waals surface area (Å²) in [4.78, 5) is 10.6. The Morgan fingerprint density at radius 1 is 1.46 bits per heavy atom. The van der Waals surface area contributed by atoms with Gasteiger partial charge in [-0.2, -0.15) is 0 Å². The molecule has 2 rings (SSSR count). The van der Waals surface area contributed by atoms with Gasteiger partial charge in [-0.15, -0.1) is 0 Å². The fraction of sp³-hybridized carbons (Fsp3) is 0. The van der Waals surface area contributed by atoms with Crippen LogP contribution >= 0.6 is 11.6 Å². The Hall–Kier alpha value is -1.48. The first-order valence-corrected chi connectivity index (χ1v) is 3.96. The van der Waals surface area contributed by atoms with Gasteiger partial charge in [0.1, 0.15) is 11.8 Å². The average molecular weight is 197 g/mol. The van der Waals surface area contributed by atoms with Crippen molar-refractivity contribution in [3.8, 4) is 0 Å². The molecule has 0 aliphatic carbocycles. The smallest absolute Gasteiger partial charge is 0.335 e. The number of halogens is 1. The summed E-state index contributed by atoms with van der Waals surface area (Å²) in [7, 11) is 0. The lowest BCUT2D eigenvalue weighted by Gasteiger charge is -1.93. The normalized spacial score (nSPS) is 10.5. The van der Waals surface area contributed by atoms with E-state index in [1.54, 1.807) is 6.07 Å². The first-order valence-electron chi connectivity index (χ1n) is 3.58. The second-order valence-electron chi connectivity index (χ2n) is 2.60.